The number of benzene rings is 1. The molecule has 18 heavy (non-hydrogen) atoms. The van der Waals surface area contributed by atoms with Crippen molar-refractivity contribution in [2.75, 3.05) is 0 Å². The molecule has 1 aliphatic carbocycles. The molecular formula is C13H11ClN4. The fourth-order valence-corrected chi connectivity index (χ4v) is 2.53. The molecule has 3 aromatic rings. The number of nitrogens with zero attached hydrogens (tertiary/aromatic N) is 4. The van der Waals surface area contributed by atoms with Gasteiger partial charge in [-0.15, -0.1) is 5.10 Å². The van der Waals surface area contributed by atoms with Crippen LogP contribution in [0.4, 0.5) is 0 Å². The van der Waals surface area contributed by atoms with E-state index in [2.05, 4.69) is 15.1 Å². The molecule has 90 valence electrons. The van der Waals surface area contributed by atoms with Gasteiger partial charge in [0.05, 0.1) is 5.52 Å². The Bertz CT molecular complexity index is 745. The minimum absolute atomic E-state index is 0.527. The Morgan fingerprint density at radius 1 is 1.28 bits per heavy atom. The van der Waals surface area contributed by atoms with Crippen LogP contribution in [0, 0.1) is 0 Å². The zero-order valence-corrected chi connectivity index (χ0v) is 10.4. The highest BCUT2D eigenvalue weighted by Crippen LogP contribution is 2.35. The van der Waals surface area contributed by atoms with Crippen LogP contribution in [0.25, 0.3) is 16.6 Å². The average molecular weight is 259 g/mol. The SMILES string of the molecule is Clc1ccc2ncn3nc(C4CCC4)nc3c2c1. The first-order valence-corrected chi connectivity index (χ1v) is 6.49. The van der Waals surface area contributed by atoms with Gasteiger partial charge in [0.2, 0.25) is 0 Å². The monoisotopic (exact) mass is 258 g/mol. The van der Waals surface area contributed by atoms with E-state index in [4.69, 9.17) is 11.6 Å². The second-order valence-corrected chi connectivity index (χ2v) is 5.21. The van der Waals surface area contributed by atoms with E-state index in [-0.39, 0.29) is 0 Å². The Morgan fingerprint density at radius 3 is 2.94 bits per heavy atom. The van der Waals surface area contributed by atoms with Gasteiger partial charge < -0.3 is 0 Å². The number of halogens is 1. The number of hydrogen-bond acceptors (Lipinski definition) is 3. The second kappa shape index (κ2) is 3.65. The molecule has 0 saturated heterocycles. The zero-order chi connectivity index (χ0) is 12.1. The van der Waals surface area contributed by atoms with E-state index in [1.54, 1.807) is 10.8 Å². The maximum Gasteiger partial charge on any atom is 0.166 e. The highest BCUT2D eigenvalue weighted by Gasteiger charge is 2.24. The molecule has 0 unspecified atom stereocenters. The Morgan fingerprint density at radius 2 is 2.17 bits per heavy atom. The largest absolute Gasteiger partial charge is 0.236 e. The lowest BCUT2D eigenvalue weighted by molar-refractivity contribution is 0.401. The van der Waals surface area contributed by atoms with E-state index in [1.165, 1.54) is 19.3 Å². The van der Waals surface area contributed by atoms with Crippen LogP contribution in [0.3, 0.4) is 0 Å². The number of rotatable bonds is 1. The van der Waals surface area contributed by atoms with Crippen LogP contribution in [-0.4, -0.2) is 19.6 Å². The van der Waals surface area contributed by atoms with Gasteiger partial charge in [0.25, 0.3) is 0 Å². The first-order chi connectivity index (χ1) is 8.81. The zero-order valence-electron chi connectivity index (χ0n) is 9.67. The molecule has 1 aliphatic rings. The van der Waals surface area contributed by atoms with Crippen LogP contribution in [0.5, 0.6) is 0 Å². The Balaban J connectivity index is 2.01. The van der Waals surface area contributed by atoms with E-state index in [0.717, 1.165) is 22.4 Å². The molecule has 0 N–H and O–H groups in total. The average Bonchev–Trinajstić information content (AvgIpc) is 2.70. The summed E-state index contributed by atoms with van der Waals surface area (Å²) >= 11 is 6.04. The molecule has 1 fully saturated rings. The van der Waals surface area contributed by atoms with Gasteiger partial charge in [-0.25, -0.2) is 14.5 Å². The van der Waals surface area contributed by atoms with Crippen LogP contribution >= 0.6 is 11.6 Å². The van der Waals surface area contributed by atoms with Crippen molar-refractivity contribution >= 4 is 28.2 Å². The molecule has 4 rings (SSSR count). The van der Waals surface area contributed by atoms with Crippen LogP contribution in [-0.2, 0) is 0 Å². The molecule has 0 radical (unpaired) electrons. The number of aromatic nitrogens is 4. The minimum Gasteiger partial charge on any atom is -0.236 e. The molecule has 5 heteroatoms. The third-order valence-corrected chi connectivity index (χ3v) is 3.86. The van der Waals surface area contributed by atoms with Crippen LogP contribution in [0.15, 0.2) is 24.5 Å². The lowest BCUT2D eigenvalue weighted by atomic mass is 9.85. The molecule has 1 saturated carbocycles. The topological polar surface area (TPSA) is 43.1 Å². The minimum atomic E-state index is 0.527. The van der Waals surface area contributed by atoms with Gasteiger partial charge in [-0.2, -0.15) is 0 Å². The van der Waals surface area contributed by atoms with E-state index < -0.39 is 0 Å². The van der Waals surface area contributed by atoms with Gasteiger partial charge in [-0.05, 0) is 31.0 Å². The van der Waals surface area contributed by atoms with E-state index >= 15 is 0 Å². The molecule has 0 atom stereocenters. The quantitative estimate of drug-likeness (QED) is 0.673. The second-order valence-electron chi connectivity index (χ2n) is 4.77. The van der Waals surface area contributed by atoms with Crippen molar-refractivity contribution in [3.63, 3.8) is 0 Å². The summed E-state index contributed by atoms with van der Waals surface area (Å²) in [6.45, 7) is 0. The number of fused-ring (bicyclic) bond motifs is 3. The fourth-order valence-electron chi connectivity index (χ4n) is 2.36. The first-order valence-electron chi connectivity index (χ1n) is 6.12. The highest BCUT2D eigenvalue weighted by molar-refractivity contribution is 6.31. The van der Waals surface area contributed by atoms with Gasteiger partial charge in [-0.3, -0.25) is 0 Å². The maximum atomic E-state index is 6.04. The molecular weight excluding hydrogens is 248 g/mol. The van der Waals surface area contributed by atoms with Crippen LogP contribution in [0.2, 0.25) is 5.02 Å². The summed E-state index contributed by atoms with van der Waals surface area (Å²) in [4.78, 5) is 9.03. The summed E-state index contributed by atoms with van der Waals surface area (Å²) in [7, 11) is 0. The summed E-state index contributed by atoms with van der Waals surface area (Å²) < 4.78 is 1.76. The summed E-state index contributed by atoms with van der Waals surface area (Å²) in [6.07, 6.45) is 5.40. The van der Waals surface area contributed by atoms with E-state index in [9.17, 15) is 0 Å². The predicted molar refractivity (Wildman–Crippen MR) is 69.9 cm³/mol. The lowest BCUT2D eigenvalue weighted by Gasteiger charge is -2.21. The maximum absolute atomic E-state index is 6.04. The Kier molecular flexibility index (Phi) is 2.08. The molecule has 0 aliphatic heterocycles. The van der Waals surface area contributed by atoms with Gasteiger partial charge in [0, 0.05) is 16.3 Å². The molecule has 0 amide bonds. The van der Waals surface area contributed by atoms with Gasteiger partial charge in [0.1, 0.15) is 6.33 Å². The fraction of sp³-hybridized carbons (Fsp3) is 0.308. The van der Waals surface area contributed by atoms with E-state index in [0.29, 0.717) is 10.9 Å². The summed E-state index contributed by atoms with van der Waals surface area (Å²) in [6, 6.07) is 5.66. The third-order valence-electron chi connectivity index (χ3n) is 3.62. The van der Waals surface area contributed by atoms with Crippen molar-refractivity contribution in [1.82, 2.24) is 19.6 Å². The van der Waals surface area contributed by atoms with Crippen molar-refractivity contribution in [2.45, 2.75) is 25.2 Å². The smallest absolute Gasteiger partial charge is 0.166 e. The molecule has 2 aromatic heterocycles. The van der Waals surface area contributed by atoms with Crippen LogP contribution < -0.4 is 0 Å². The van der Waals surface area contributed by atoms with Gasteiger partial charge >= 0.3 is 0 Å². The van der Waals surface area contributed by atoms with Gasteiger partial charge in [0.15, 0.2) is 11.5 Å². The van der Waals surface area contributed by atoms with Crippen LogP contribution in [0.1, 0.15) is 31.0 Å². The van der Waals surface area contributed by atoms with Crippen molar-refractivity contribution in [2.24, 2.45) is 0 Å². The first kappa shape index (κ1) is 10.3. The standard InChI is InChI=1S/C13H11ClN4/c14-9-4-5-11-10(6-9)13-16-12(8-2-1-3-8)17-18(13)7-15-11/h4-8H,1-3H2. The van der Waals surface area contributed by atoms with Crippen molar-refractivity contribution < 1.29 is 0 Å². The lowest BCUT2D eigenvalue weighted by Crippen LogP contribution is -2.10. The summed E-state index contributed by atoms with van der Waals surface area (Å²) in [5, 5.41) is 6.18. The third kappa shape index (κ3) is 1.42. The Hall–Kier alpha value is -1.68. The van der Waals surface area contributed by atoms with Crippen molar-refractivity contribution in [3.8, 4) is 0 Å². The molecule has 4 nitrogen and oxygen atoms in total. The predicted octanol–water partition coefficient (Wildman–Crippen LogP) is 3.20. The summed E-state index contributed by atoms with van der Waals surface area (Å²) in [5.74, 6) is 1.47. The molecule has 1 aromatic carbocycles. The van der Waals surface area contributed by atoms with Crippen molar-refractivity contribution in [3.05, 3.63) is 35.4 Å². The normalized spacial score (nSPS) is 16.3. The van der Waals surface area contributed by atoms with Crippen molar-refractivity contribution in [1.29, 1.82) is 0 Å². The molecule has 0 spiro atoms. The van der Waals surface area contributed by atoms with E-state index in [1.807, 2.05) is 18.2 Å². The Labute approximate surface area is 109 Å². The highest BCUT2D eigenvalue weighted by atomic mass is 35.5. The number of hydrogen-bond donors (Lipinski definition) is 0. The summed E-state index contributed by atoms with van der Waals surface area (Å²) in [5.41, 5.74) is 1.75. The molecule has 2 heterocycles. The molecule has 0 bridgehead atoms. The van der Waals surface area contributed by atoms with Gasteiger partial charge in [-0.1, -0.05) is 18.0 Å².